The lowest BCUT2D eigenvalue weighted by Crippen LogP contribution is -2.20. The van der Waals surface area contributed by atoms with E-state index < -0.39 is 5.97 Å². The highest BCUT2D eigenvalue weighted by Crippen LogP contribution is 2.15. The lowest BCUT2D eigenvalue weighted by Gasteiger charge is -2.09. The van der Waals surface area contributed by atoms with Crippen LogP contribution in [0.3, 0.4) is 0 Å². The van der Waals surface area contributed by atoms with Gasteiger partial charge in [-0.3, -0.25) is 9.59 Å². The predicted octanol–water partition coefficient (Wildman–Crippen LogP) is 3.65. The van der Waals surface area contributed by atoms with Crippen molar-refractivity contribution in [1.82, 2.24) is 0 Å². The number of amides is 2. The molecule has 2 amide bonds. The minimum absolute atomic E-state index is 0.130. The molecule has 3 N–H and O–H groups in total. The summed E-state index contributed by atoms with van der Waals surface area (Å²) < 4.78 is 5.39. The summed E-state index contributed by atoms with van der Waals surface area (Å²) in [7, 11) is 0. The molecular formula is C22H18N2O5. The van der Waals surface area contributed by atoms with Gasteiger partial charge in [0.1, 0.15) is 5.75 Å². The van der Waals surface area contributed by atoms with Crippen LogP contribution in [0.25, 0.3) is 0 Å². The van der Waals surface area contributed by atoms with Gasteiger partial charge in [-0.25, -0.2) is 4.79 Å². The van der Waals surface area contributed by atoms with Gasteiger partial charge < -0.3 is 20.5 Å². The van der Waals surface area contributed by atoms with Crippen LogP contribution in [0.5, 0.6) is 5.75 Å². The van der Waals surface area contributed by atoms with E-state index in [1.54, 1.807) is 36.4 Å². The molecule has 3 aromatic rings. The van der Waals surface area contributed by atoms with E-state index in [0.29, 0.717) is 22.7 Å². The second kappa shape index (κ2) is 9.18. The molecule has 7 nitrogen and oxygen atoms in total. The number of hydrogen-bond acceptors (Lipinski definition) is 4. The van der Waals surface area contributed by atoms with Gasteiger partial charge in [-0.05, 0) is 54.6 Å². The van der Waals surface area contributed by atoms with Crippen molar-refractivity contribution in [3.63, 3.8) is 0 Å². The molecule has 7 heteroatoms. The SMILES string of the molecule is O=C(COc1ccccc1)Nc1cccc(C(=O)Nc2ccc(C(=O)O)cc2)c1. The summed E-state index contributed by atoms with van der Waals surface area (Å²) in [5.74, 6) is -1.19. The highest BCUT2D eigenvalue weighted by molar-refractivity contribution is 6.05. The molecule has 0 unspecified atom stereocenters. The second-order valence-electron chi connectivity index (χ2n) is 6.07. The van der Waals surface area contributed by atoms with E-state index in [-0.39, 0.29) is 24.0 Å². The topological polar surface area (TPSA) is 105 Å². The molecule has 146 valence electrons. The predicted molar refractivity (Wildman–Crippen MR) is 108 cm³/mol. The quantitative estimate of drug-likeness (QED) is 0.571. The second-order valence-corrected chi connectivity index (χ2v) is 6.07. The molecule has 0 fully saturated rings. The van der Waals surface area contributed by atoms with Gasteiger partial charge in [0.25, 0.3) is 11.8 Å². The van der Waals surface area contributed by atoms with Crippen molar-refractivity contribution in [3.8, 4) is 5.75 Å². The highest BCUT2D eigenvalue weighted by Gasteiger charge is 2.10. The first-order valence-electron chi connectivity index (χ1n) is 8.74. The Bertz CT molecular complexity index is 1020. The van der Waals surface area contributed by atoms with E-state index in [9.17, 15) is 14.4 Å². The Hall–Kier alpha value is -4.13. The zero-order valence-electron chi connectivity index (χ0n) is 15.3. The third-order valence-electron chi connectivity index (χ3n) is 3.91. The van der Waals surface area contributed by atoms with Crippen LogP contribution in [0.1, 0.15) is 20.7 Å². The van der Waals surface area contributed by atoms with E-state index in [4.69, 9.17) is 9.84 Å². The zero-order chi connectivity index (χ0) is 20.6. The molecule has 0 aliphatic rings. The molecule has 0 heterocycles. The number of para-hydroxylation sites is 1. The average molecular weight is 390 g/mol. The summed E-state index contributed by atoms with van der Waals surface area (Å²) >= 11 is 0. The summed E-state index contributed by atoms with van der Waals surface area (Å²) in [6.07, 6.45) is 0. The van der Waals surface area contributed by atoms with Gasteiger partial charge in [0.2, 0.25) is 0 Å². The molecule has 0 aliphatic heterocycles. The largest absolute Gasteiger partial charge is 0.484 e. The molecular weight excluding hydrogens is 372 g/mol. The van der Waals surface area contributed by atoms with Crippen molar-refractivity contribution in [1.29, 1.82) is 0 Å². The first-order chi connectivity index (χ1) is 14.0. The van der Waals surface area contributed by atoms with E-state index in [2.05, 4.69) is 10.6 Å². The molecule has 0 saturated carbocycles. The number of rotatable bonds is 7. The Labute approximate surface area is 166 Å². The summed E-state index contributed by atoms with van der Waals surface area (Å²) in [6, 6.07) is 21.3. The molecule has 0 spiro atoms. The van der Waals surface area contributed by atoms with Crippen LogP contribution < -0.4 is 15.4 Å². The molecule has 3 rings (SSSR count). The van der Waals surface area contributed by atoms with Crippen LogP contribution in [0.2, 0.25) is 0 Å². The fraction of sp³-hybridized carbons (Fsp3) is 0.0455. The Kier molecular flexibility index (Phi) is 6.22. The van der Waals surface area contributed by atoms with Gasteiger partial charge >= 0.3 is 5.97 Å². The smallest absolute Gasteiger partial charge is 0.335 e. The standard InChI is InChI=1S/C22H18N2O5/c25-20(14-29-19-7-2-1-3-8-19)23-18-6-4-5-16(13-18)21(26)24-17-11-9-15(10-12-17)22(27)28/h1-13H,14H2,(H,23,25)(H,24,26)(H,27,28). The van der Waals surface area contributed by atoms with Crippen molar-refractivity contribution < 1.29 is 24.2 Å². The van der Waals surface area contributed by atoms with Gasteiger partial charge in [0.05, 0.1) is 5.56 Å². The minimum atomic E-state index is -1.04. The third kappa shape index (κ3) is 5.67. The molecule has 0 bridgehead atoms. The van der Waals surface area contributed by atoms with Crippen molar-refractivity contribution in [3.05, 3.63) is 90.0 Å². The van der Waals surface area contributed by atoms with Crippen molar-refractivity contribution in [2.24, 2.45) is 0 Å². The number of carbonyl (C=O) groups excluding carboxylic acids is 2. The maximum Gasteiger partial charge on any atom is 0.335 e. The molecule has 3 aromatic carbocycles. The number of anilines is 2. The van der Waals surface area contributed by atoms with E-state index in [1.165, 1.54) is 24.3 Å². The summed E-state index contributed by atoms with van der Waals surface area (Å²) in [5, 5.41) is 14.3. The van der Waals surface area contributed by atoms with Crippen LogP contribution in [0.4, 0.5) is 11.4 Å². The number of ether oxygens (including phenoxy) is 1. The molecule has 0 atom stereocenters. The number of aromatic carboxylic acids is 1. The Morgan fingerprint density at radius 1 is 0.759 bits per heavy atom. The summed E-state index contributed by atoms with van der Waals surface area (Å²) in [5.41, 5.74) is 1.39. The summed E-state index contributed by atoms with van der Waals surface area (Å²) in [6.45, 7) is -0.156. The van der Waals surface area contributed by atoms with Crippen LogP contribution >= 0.6 is 0 Å². The first kappa shape index (κ1) is 19.6. The lowest BCUT2D eigenvalue weighted by molar-refractivity contribution is -0.118. The van der Waals surface area contributed by atoms with E-state index in [1.807, 2.05) is 18.2 Å². The Balaban J connectivity index is 1.58. The van der Waals surface area contributed by atoms with Gasteiger partial charge in [-0.15, -0.1) is 0 Å². The first-order valence-corrected chi connectivity index (χ1v) is 8.74. The van der Waals surface area contributed by atoms with Gasteiger partial charge in [-0.1, -0.05) is 24.3 Å². The molecule has 0 radical (unpaired) electrons. The van der Waals surface area contributed by atoms with Crippen molar-refractivity contribution in [2.45, 2.75) is 0 Å². The lowest BCUT2D eigenvalue weighted by atomic mass is 10.1. The molecule has 29 heavy (non-hydrogen) atoms. The van der Waals surface area contributed by atoms with Gasteiger partial charge in [-0.2, -0.15) is 0 Å². The molecule has 0 aromatic heterocycles. The monoisotopic (exact) mass is 390 g/mol. The Morgan fingerprint density at radius 2 is 1.48 bits per heavy atom. The number of nitrogens with one attached hydrogen (secondary N) is 2. The molecule has 0 aliphatic carbocycles. The minimum Gasteiger partial charge on any atom is -0.484 e. The number of carboxylic acid groups (broad SMARTS) is 1. The average Bonchev–Trinajstić information content (AvgIpc) is 2.73. The van der Waals surface area contributed by atoms with Gasteiger partial charge in [0, 0.05) is 16.9 Å². The van der Waals surface area contributed by atoms with Crippen LogP contribution in [0, 0.1) is 0 Å². The van der Waals surface area contributed by atoms with Crippen molar-refractivity contribution >= 4 is 29.2 Å². The van der Waals surface area contributed by atoms with E-state index in [0.717, 1.165) is 0 Å². The number of carboxylic acids is 1. The summed E-state index contributed by atoms with van der Waals surface area (Å²) in [4.78, 5) is 35.4. The highest BCUT2D eigenvalue weighted by atomic mass is 16.5. The van der Waals surface area contributed by atoms with Crippen LogP contribution in [0.15, 0.2) is 78.9 Å². The zero-order valence-corrected chi connectivity index (χ0v) is 15.3. The van der Waals surface area contributed by atoms with Crippen LogP contribution in [-0.4, -0.2) is 29.5 Å². The maximum absolute atomic E-state index is 12.4. The number of carbonyl (C=O) groups is 3. The van der Waals surface area contributed by atoms with Crippen molar-refractivity contribution in [2.75, 3.05) is 17.2 Å². The fourth-order valence-corrected chi connectivity index (χ4v) is 2.50. The normalized spacial score (nSPS) is 10.1. The fourth-order valence-electron chi connectivity index (χ4n) is 2.50. The third-order valence-corrected chi connectivity index (χ3v) is 3.91. The van der Waals surface area contributed by atoms with Gasteiger partial charge in [0.15, 0.2) is 6.61 Å². The Morgan fingerprint density at radius 3 is 2.17 bits per heavy atom. The maximum atomic E-state index is 12.4. The molecule has 0 saturated heterocycles. The number of hydrogen-bond donors (Lipinski definition) is 3. The number of benzene rings is 3. The van der Waals surface area contributed by atoms with E-state index >= 15 is 0 Å². The van der Waals surface area contributed by atoms with Crippen LogP contribution in [-0.2, 0) is 4.79 Å².